The van der Waals surface area contributed by atoms with Crippen LogP contribution in [0.15, 0.2) is 77.0 Å². The van der Waals surface area contributed by atoms with Crippen LogP contribution < -0.4 is 14.8 Å². The van der Waals surface area contributed by atoms with Crippen LogP contribution in [-0.2, 0) is 6.54 Å². The molecular formula is C29H26N4O4. The van der Waals surface area contributed by atoms with Crippen LogP contribution in [0.5, 0.6) is 11.5 Å². The van der Waals surface area contributed by atoms with Crippen molar-refractivity contribution in [2.75, 3.05) is 6.79 Å². The Labute approximate surface area is 214 Å². The third kappa shape index (κ3) is 4.20. The lowest BCUT2D eigenvalue weighted by Gasteiger charge is -2.35. The first-order chi connectivity index (χ1) is 18.0. The highest BCUT2D eigenvalue weighted by atomic mass is 16.7. The molecule has 0 saturated carbocycles. The topological polar surface area (TPSA) is 89.7 Å². The highest BCUT2D eigenvalue weighted by Crippen LogP contribution is 2.39. The number of aromatic nitrogens is 2. The van der Waals surface area contributed by atoms with E-state index in [9.17, 15) is 4.79 Å². The van der Waals surface area contributed by atoms with Crippen LogP contribution in [0.4, 0.5) is 4.79 Å². The second-order valence-electron chi connectivity index (χ2n) is 9.29. The van der Waals surface area contributed by atoms with E-state index in [-0.39, 0.29) is 12.8 Å². The highest BCUT2D eigenvalue weighted by molar-refractivity contribution is 5.87. The second-order valence-corrected chi connectivity index (χ2v) is 9.29. The lowest BCUT2D eigenvalue weighted by molar-refractivity contribution is 0.174. The average molecular weight is 495 g/mol. The molecule has 0 bridgehead atoms. The minimum atomic E-state index is -0.441. The van der Waals surface area contributed by atoms with Crippen LogP contribution in [0.25, 0.3) is 17.0 Å². The number of urea groups is 1. The SMILES string of the molecule is CC1=C(c2nc(-c3ccccc3)no2)C(c2ccc(C)c(C)c2)NC(=O)N1Cc1ccc2c(c1)OCO2. The van der Waals surface area contributed by atoms with Gasteiger partial charge in [-0.25, -0.2) is 4.79 Å². The molecule has 2 aliphatic heterocycles. The summed E-state index contributed by atoms with van der Waals surface area (Å²) in [4.78, 5) is 19.9. The lowest BCUT2D eigenvalue weighted by atomic mass is 9.92. The predicted octanol–water partition coefficient (Wildman–Crippen LogP) is 5.78. The molecule has 0 fully saturated rings. The number of carbonyl (C=O) groups is 1. The molecule has 1 atom stereocenters. The summed E-state index contributed by atoms with van der Waals surface area (Å²) in [7, 11) is 0. The summed E-state index contributed by atoms with van der Waals surface area (Å²) < 4.78 is 16.8. The van der Waals surface area contributed by atoms with Crippen LogP contribution in [0.1, 0.15) is 41.1 Å². The maximum Gasteiger partial charge on any atom is 0.322 e. The molecule has 0 aliphatic carbocycles. The second kappa shape index (κ2) is 9.13. The van der Waals surface area contributed by atoms with Gasteiger partial charge in [0.25, 0.3) is 5.89 Å². The predicted molar refractivity (Wildman–Crippen MR) is 138 cm³/mol. The van der Waals surface area contributed by atoms with E-state index in [0.717, 1.165) is 33.5 Å². The number of nitrogens with zero attached hydrogens (tertiary/aromatic N) is 3. The van der Waals surface area contributed by atoms with Crippen molar-refractivity contribution < 1.29 is 18.8 Å². The monoisotopic (exact) mass is 494 g/mol. The Morgan fingerprint density at radius 2 is 1.76 bits per heavy atom. The van der Waals surface area contributed by atoms with Crippen molar-refractivity contribution in [1.82, 2.24) is 20.4 Å². The van der Waals surface area contributed by atoms with Crippen LogP contribution in [-0.4, -0.2) is 27.9 Å². The Morgan fingerprint density at radius 3 is 2.57 bits per heavy atom. The van der Waals surface area contributed by atoms with Crippen LogP contribution in [0.3, 0.4) is 0 Å². The smallest absolute Gasteiger partial charge is 0.322 e. The van der Waals surface area contributed by atoms with Gasteiger partial charge < -0.3 is 19.3 Å². The molecule has 2 amide bonds. The molecule has 186 valence electrons. The van der Waals surface area contributed by atoms with E-state index in [0.29, 0.717) is 29.8 Å². The standard InChI is InChI=1S/C29H26N4O4/c1-17-9-11-22(13-18(17)2)26-25(28-31-27(32-37-28)21-7-5-4-6-8-21)19(3)33(29(34)30-26)15-20-10-12-23-24(14-20)36-16-35-23/h4-14,26H,15-16H2,1-3H3,(H,30,34). The number of aryl methyl sites for hydroxylation is 2. The van der Waals surface area contributed by atoms with E-state index >= 15 is 0 Å². The summed E-state index contributed by atoms with van der Waals surface area (Å²) in [5.41, 5.74) is 6.55. The Kier molecular flexibility index (Phi) is 5.64. The van der Waals surface area contributed by atoms with Gasteiger partial charge in [0.1, 0.15) is 0 Å². The fraction of sp³-hybridized carbons (Fsp3) is 0.207. The van der Waals surface area contributed by atoms with Gasteiger partial charge in [-0.1, -0.05) is 59.8 Å². The highest BCUT2D eigenvalue weighted by Gasteiger charge is 2.36. The van der Waals surface area contributed by atoms with Gasteiger partial charge in [0, 0.05) is 11.3 Å². The molecule has 1 unspecified atom stereocenters. The van der Waals surface area contributed by atoms with Gasteiger partial charge in [-0.3, -0.25) is 4.90 Å². The van der Waals surface area contributed by atoms with Crippen molar-refractivity contribution in [3.05, 3.63) is 101 Å². The van der Waals surface area contributed by atoms with Crippen LogP contribution in [0, 0.1) is 13.8 Å². The quantitative estimate of drug-likeness (QED) is 0.378. The van der Waals surface area contributed by atoms with Crippen molar-refractivity contribution in [3.63, 3.8) is 0 Å². The first-order valence-electron chi connectivity index (χ1n) is 12.1. The number of hydrogen-bond acceptors (Lipinski definition) is 6. The average Bonchev–Trinajstić information content (AvgIpc) is 3.58. The number of nitrogens with one attached hydrogen (secondary N) is 1. The fourth-order valence-corrected chi connectivity index (χ4v) is 4.70. The molecule has 3 aromatic carbocycles. The molecule has 1 N–H and O–H groups in total. The minimum Gasteiger partial charge on any atom is -0.454 e. The van der Waals surface area contributed by atoms with E-state index in [1.165, 1.54) is 5.56 Å². The van der Waals surface area contributed by atoms with Crippen LogP contribution in [0.2, 0.25) is 0 Å². The van der Waals surface area contributed by atoms with Crippen molar-refractivity contribution in [1.29, 1.82) is 0 Å². The zero-order chi connectivity index (χ0) is 25.5. The van der Waals surface area contributed by atoms with Gasteiger partial charge in [-0.05, 0) is 55.2 Å². The molecule has 0 radical (unpaired) electrons. The zero-order valence-corrected chi connectivity index (χ0v) is 20.8. The maximum absolute atomic E-state index is 13.4. The van der Waals surface area contributed by atoms with E-state index in [1.54, 1.807) is 4.90 Å². The van der Waals surface area contributed by atoms with Gasteiger partial charge in [-0.15, -0.1) is 0 Å². The molecule has 37 heavy (non-hydrogen) atoms. The number of fused-ring (bicyclic) bond motifs is 1. The summed E-state index contributed by atoms with van der Waals surface area (Å²) in [6, 6.07) is 20.9. The number of benzene rings is 3. The third-order valence-corrected chi connectivity index (χ3v) is 6.93. The number of carbonyl (C=O) groups excluding carboxylic acids is 1. The minimum absolute atomic E-state index is 0.199. The third-order valence-electron chi connectivity index (χ3n) is 6.93. The van der Waals surface area contributed by atoms with Crippen molar-refractivity contribution >= 4 is 11.6 Å². The Balaban J connectivity index is 1.43. The molecule has 0 spiro atoms. The fourth-order valence-electron chi connectivity index (χ4n) is 4.70. The summed E-state index contributed by atoms with van der Waals surface area (Å²) >= 11 is 0. The van der Waals surface area contributed by atoms with Gasteiger partial charge in [-0.2, -0.15) is 4.98 Å². The molecule has 8 nitrogen and oxygen atoms in total. The number of hydrogen-bond donors (Lipinski definition) is 1. The molecule has 6 rings (SSSR count). The van der Waals surface area contributed by atoms with Crippen molar-refractivity contribution in [3.8, 4) is 22.9 Å². The van der Waals surface area contributed by atoms with E-state index in [1.807, 2.05) is 61.5 Å². The Hall–Kier alpha value is -4.59. The van der Waals surface area contributed by atoms with Crippen LogP contribution >= 0.6 is 0 Å². The van der Waals surface area contributed by atoms with E-state index < -0.39 is 6.04 Å². The molecule has 4 aromatic rings. The van der Waals surface area contributed by atoms with E-state index in [2.05, 4.69) is 36.5 Å². The van der Waals surface area contributed by atoms with Crippen molar-refractivity contribution in [2.24, 2.45) is 0 Å². The number of rotatable bonds is 5. The largest absolute Gasteiger partial charge is 0.454 e. The number of amides is 2. The number of allylic oxidation sites excluding steroid dienone is 1. The molecular weight excluding hydrogens is 468 g/mol. The Morgan fingerprint density at radius 1 is 0.946 bits per heavy atom. The van der Waals surface area contributed by atoms with Gasteiger partial charge in [0.2, 0.25) is 12.6 Å². The molecule has 3 heterocycles. The summed E-state index contributed by atoms with van der Waals surface area (Å²) in [6.45, 7) is 6.59. The molecule has 2 aliphatic rings. The summed E-state index contributed by atoms with van der Waals surface area (Å²) in [5.74, 6) is 2.24. The summed E-state index contributed by atoms with van der Waals surface area (Å²) in [5, 5.41) is 7.42. The van der Waals surface area contributed by atoms with Gasteiger partial charge >= 0.3 is 6.03 Å². The van der Waals surface area contributed by atoms with Gasteiger partial charge in [0.15, 0.2) is 11.5 Å². The summed E-state index contributed by atoms with van der Waals surface area (Å²) in [6.07, 6.45) is 0. The molecule has 0 saturated heterocycles. The molecule has 1 aromatic heterocycles. The number of ether oxygens (including phenoxy) is 2. The van der Waals surface area contributed by atoms with Gasteiger partial charge in [0.05, 0.1) is 18.2 Å². The first kappa shape index (κ1) is 22.8. The Bertz CT molecular complexity index is 1530. The normalized spacial score (nSPS) is 16.8. The maximum atomic E-state index is 13.4. The first-order valence-corrected chi connectivity index (χ1v) is 12.1. The molecule has 8 heteroatoms. The lowest BCUT2D eigenvalue weighted by Crippen LogP contribution is -2.45. The zero-order valence-electron chi connectivity index (χ0n) is 20.8. The van der Waals surface area contributed by atoms with Crippen molar-refractivity contribution in [2.45, 2.75) is 33.4 Å². The van der Waals surface area contributed by atoms with E-state index in [4.69, 9.17) is 19.0 Å².